The molecule has 1 fully saturated rings. The molecular weight excluding hydrogens is 521 g/mol. The molecule has 200 valence electrons. The van der Waals surface area contributed by atoms with Crippen LogP contribution in [0, 0.1) is 5.41 Å². The van der Waals surface area contributed by atoms with Crippen molar-refractivity contribution in [3.8, 4) is 5.69 Å². The number of allylic oxidation sites excluding steroid dienone is 2. The molecule has 38 heavy (non-hydrogen) atoms. The molecule has 0 bridgehead atoms. The van der Waals surface area contributed by atoms with Crippen LogP contribution < -0.4 is 5.32 Å². The Morgan fingerprint density at radius 3 is 2.55 bits per heavy atom. The Balaban J connectivity index is 1.43. The van der Waals surface area contributed by atoms with Crippen LogP contribution in [0.25, 0.3) is 16.9 Å². The summed E-state index contributed by atoms with van der Waals surface area (Å²) in [6.07, 6.45) is 1.15. The van der Waals surface area contributed by atoms with Crippen LogP contribution >= 0.6 is 11.6 Å². The number of Topliss-reactive ketones (excluding diaryl/α,β-unsaturated/α-hetero) is 1. The van der Waals surface area contributed by atoms with Crippen molar-refractivity contribution in [2.45, 2.75) is 57.7 Å². The number of fused-ring (bicyclic) bond motifs is 1. The Kier molecular flexibility index (Phi) is 6.94. The fourth-order valence-corrected chi connectivity index (χ4v) is 5.81. The van der Waals surface area contributed by atoms with Gasteiger partial charge in [0, 0.05) is 24.0 Å². The van der Waals surface area contributed by atoms with E-state index in [0.717, 1.165) is 23.8 Å². The van der Waals surface area contributed by atoms with Crippen molar-refractivity contribution in [2.75, 3.05) is 6.61 Å². The molecule has 11 heteroatoms. The van der Waals surface area contributed by atoms with Gasteiger partial charge < -0.3 is 10.1 Å². The molecule has 2 heterocycles. The lowest BCUT2D eigenvalue weighted by molar-refractivity contribution is -0.146. The number of ketones is 1. The van der Waals surface area contributed by atoms with E-state index in [1.54, 1.807) is 19.1 Å². The van der Waals surface area contributed by atoms with E-state index in [9.17, 15) is 22.8 Å². The van der Waals surface area contributed by atoms with Crippen molar-refractivity contribution in [2.24, 2.45) is 5.41 Å². The second kappa shape index (κ2) is 10.1. The minimum atomic E-state index is -4.68. The number of halogens is 4. The summed E-state index contributed by atoms with van der Waals surface area (Å²) in [5.74, 6) is -1.66. The molecule has 3 aromatic rings. The first kappa shape index (κ1) is 26.2. The maximum absolute atomic E-state index is 13.7. The summed E-state index contributed by atoms with van der Waals surface area (Å²) in [7, 11) is 0. The normalized spacial score (nSPS) is 18.0. The van der Waals surface area contributed by atoms with Gasteiger partial charge in [-0.3, -0.25) is 9.36 Å². The number of benzene rings is 1. The molecule has 2 aliphatic carbocycles. The van der Waals surface area contributed by atoms with Crippen LogP contribution in [0.5, 0.6) is 0 Å². The zero-order valence-electron chi connectivity index (χ0n) is 20.6. The average Bonchev–Trinajstić information content (AvgIpc) is 3.32. The number of ether oxygens (including phenoxy) is 1. The van der Waals surface area contributed by atoms with Crippen molar-refractivity contribution in [1.82, 2.24) is 19.9 Å². The molecule has 2 aliphatic rings. The van der Waals surface area contributed by atoms with Crippen LogP contribution in [-0.4, -0.2) is 38.9 Å². The molecule has 1 saturated carbocycles. The molecule has 0 unspecified atom stereocenters. The van der Waals surface area contributed by atoms with Gasteiger partial charge in [-0.2, -0.15) is 13.2 Å². The van der Waals surface area contributed by atoms with Crippen molar-refractivity contribution >= 4 is 34.5 Å². The first-order valence-electron chi connectivity index (χ1n) is 12.5. The number of aromatic nitrogens is 3. The highest BCUT2D eigenvalue weighted by molar-refractivity contribution is 6.47. The molecule has 1 atom stereocenters. The summed E-state index contributed by atoms with van der Waals surface area (Å²) in [6.45, 7) is 1.88. The van der Waals surface area contributed by atoms with Crippen LogP contribution in [0.1, 0.15) is 50.4 Å². The van der Waals surface area contributed by atoms with Gasteiger partial charge in [0.25, 0.3) is 0 Å². The third kappa shape index (κ3) is 4.55. The predicted molar refractivity (Wildman–Crippen MR) is 135 cm³/mol. The molecule has 1 N–H and O–H groups in total. The zero-order chi connectivity index (χ0) is 27.1. The molecule has 7 nitrogen and oxygen atoms in total. The van der Waals surface area contributed by atoms with Gasteiger partial charge in [0.1, 0.15) is 16.6 Å². The van der Waals surface area contributed by atoms with E-state index in [1.165, 1.54) is 30.5 Å². The van der Waals surface area contributed by atoms with Crippen LogP contribution in [0.4, 0.5) is 13.2 Å². The van der Waals surface area contributed by atoms with Crippen LogP contribution in [0.2, 0.25) is 0 Å². The number of pyridine rings is 1. The van der Waals surface area contributed by atoms with Crippen molar-refractivity contribution < 1.29 is 27.5 Å². The molecule has 0 aliphatic heterocycles. The van der Waals surface area contributed by atoms with Gasteiger partial charge in [0.2, 0.25) is 5.82 Å². The minimum Gasteiger partial charge on any atom is -0.464 e. The second-order valence-electron chi connectivity index (χ2n) is 9.60. The van der Waals surface area contributed by atoms with Crippen molar-refractivity contribution in [1.29, 1.82) is 0 Å². The van der Waals surface area contributed by atoms with Crippen molar-refractivity contribution in [3.63, 3.8) is 0 Å². The lowest BCUT2D eigenvalue weighted by Gasteiger charge is -2.46. The van der Waals surface area contributed by atoms with Gasteiger partial charge in [0.15, 0.2) is 11.4 Å². The molecule has 0 radical (unpaired) electrons. The Morgan fingerprint density at radius 2 is 1.89 bits per heavy atom. The summed E-state index contributed by atoms with van der Waals surface area (Å²) in [5, 5.41) is 3.32. The largest absolute Gasteiger partial charge is 0.464 e. The fourth-order valence-electron chi connectivity index (χ4n) is 5.39. The number of hydrogen-bond acceptors (Lipinski definition) is 6. The molecule has 5 rings (SSSR count). The number of nitrogens with one attached hydrogen (secondary N) is 1. The van der Waals surface area contributed by atoms with E-state index in [2.05, 4.69) is 15.3 Å². The standard InChI is InChI=1S/C27H26ClF3N4O3/c1-2-38-24(37)19(33-21-20(28)22(36)26(21)12-4-3-5-13-26)15-16-8-10-17(11-9-16)35-23-18(7-6-14-32-23)34-25(35)27(29,30)31/h6-11,14,19,33H,2-5,12-13,15H2,1H3/t19-/m0/s1. The molecule has 0 saturated heterocycles. The highest BCUT2D eigenvalue weighted by Crippen LogP contribution is 2.53. The predicted octanol–water partition coefficient (Wildman–Crippen LogP) is 5.49. The maximum Gasteiger partial charge on any atom is 0.450 e. The number of esters is 1. The third-order valence-corrected chi connectivity index (χ3v) is 7.59. The number of hydrogen-bond donors (Lipinski definition) is 1. The Labute approximate surface area is 222 Å². The Hall–Kier alpha value is -3.40. The minimum absolute atomic E-state index is 0.0880. The number of carbonyl (C=O) groups is 2. The van der Waals surface area contributed by atoms with Gasteiger partial charge in [-0.1, -0.05) is 43.0 Å². The lowest BCUT2D eigenvalue weighted by atomic mass is 9.62. The first-order valence-corrected chi connectivity index (χ1v) is 12.9. The number of nitrogens with zero attached hydrogens (tertiary/aromatic N) is 3. The van der Waals surface area contributed by atoms with E-state index >= 15 is 0 Å². The smallest absolute Gasteiger partial charge is 0.450 e. The quantitative estimate of drug-likeness (QED) is 0.395. The van der Waals surface area contributed by atoms with Crippen LogP contribution in [-0.2, 0) is 26.9 Å². The zero-order valence-corrected chi connectivity index (χ0v) is 21.4. The molecule has 1 aromatic carbocycles. The molecule has 2 aromatic heterocycles. The third-order valence-electron chi connectivity index (χ3n) is 7.23. The summed E-state index contributed by atoms with van der Waals surface area (Å²) in [6, 6.07) is 8.54. The van der Waals surface area contributed by atoms with Crippen LogP contribution in [0.3, 0.4) is 0 Å². The monoisotopic (exact) mass is 546 g/mol. The molecule has 0 amide bonds. The van der Waals surface area contributed by atoms with E-state index in [0.29, 0.717) is 24.1 Å². The van der Waals surface area contributed by atoms with E-state index in [4.69, 9.17) is 16.3 Å². The topological polar surface area (TPSA) is 86.1 Å². The van der Waals surface area contributed by atoms with Gasteiger partial charge in [-0.05, 0) is 49.6 Å². The van der Waals surface area contributed by atoms with Gasteiger partial charge in [0.05, 0.1) is 12.0 Å². The summed E-state index contributed by atoms with van der Waals surface area (Å²) in [4.78, 5) is 33.4. The average molecular weight is 547 g/mol. The van der Waals surface area contributed by atoms with E-state index < -0.39 is 29.4 Å². The van der Waals surface area contributed by atoms with Gasteiger partial charge in [-0.15, -0.1) is 0 Å². The number of imidazole rings is 1. The summed E-state index contributed by atoms with van der Waals surface area (Å²) in [5.41, 5.74) is 1.06. The van der Waals surface area contributed by atoms with Crippen LogP contribution in [0.15, 0.2) is 53.3 Å². The van der Waals surface area contributed by atoms with Gasteiger partial charge >= 0.3 is 12.1 Å². The first-order chi connectivity index (χ1) is 18.2. The van der Waals surface area contributed by atoms with E-state index in [-0.39, 0.29) is 40.7 Å². The Morgan fingerprint density at radius 1 is 1.18 bits per heavy atom. The highest BCUT2D eigenvalue weighted by Gasteiger charge is 2.54. The van der Waals surface area contributed by atoms with Crippen molar-refractivity contribution in [3.05, 3.63) is 64.7 Å². The molecule has 1 spiro atoms. The highest BCUT2D eigenvalue weighted by atomic mass is 35.5. The number of carbonyl (C=O) groups excluding carboxylic acids is 2. The maximum atomic E-state index is 13.7. The fraction of sp³-hybridized carbons (Fsp3) is 0.407. The second-order valence-corrected chi connectivity index (χ2v) is 9.97. The summed E-state index contributed by atoms with van der Waals surface area (Å²) >= 11 is 6.30. The molecular formula is C27H26ClF3N4O3. The Bertz CT molecular complexity index is 1410. The SMILES string of the molecule is CCOC(=O)[C@H](Cc1ccc(-n2c(C(F)(F)F)nc3cccnc32)cc1)NC1=C(Cl)C(=O)C12CCCCC2. The number of rotatable bonds is 7. The van der Waals surface area contributed by atoms with Gasteiger partial charge in [-0.25, -0.2) is 14.8 Å². The summed E-state index contributed by atoms with van der Waals surface area (Å²) < 4.78 is 47.5. The lowest BCUT2D eigenvalue weighted by Crippen LogP contribution is -2.53. The number of alkyl halides is 3. The van der Waals surface area contributed by atoms with E-state index in [1.807, 2.05) is 0 Å².